The van der Waals surface area contributed by atoms with Gasteiger partial charge in [0.05, 0.1) is 17.9 Å². The molecule has 0 saturated heterocycles. The largest absolute Gasteiger partial charge is 0.459 e. The minimum absolute atomic E-state index is 0.161. The predicted molar refractivity (Wildman–Crippen MR) is 126 cm³/mol. The number of pyridine rings is 1. The molecule has 1 amide bonds. The maximum Gasteiger partial charge on any atom is 0.416 e. The lowest BCUT2D eigenvalue weighted by Gasteiger charge is -2.23. The molecule has 4 aromatic rings. The third kappa shape index (κ3) is 4.99. The number of halogens is 3. The molecule has 176 valence electrons. The number of alkyl halides is 3. The van der Waals surface area contributed by atoms with Gasteiger partial charge in [-0.25, -0.2) is 4.98 Å². The first kappa shape index (κ1) is 23.6. The summed E-state index contributed by atoms with van der Waals surface area (Å²) < 4.78 is 44.7. The molecule has 0 aliphatic heterocycles. The van der Waals surface area contributed by atoms with Crippen molar-refractivity contribution in [1.82, 2.24) is 4.98 Å². The summed E-state index contributed by atoms with van der Waals surface area (Å²) in [5, 5.41) is 6.84. The maximum absolute atomic E-state index is 13.2. The monoisotopic (exact) mass is 485 g/mol. The number of aromatic nitrogens is 1. The van der Waals surface area contributed by atoms with Crippen LogP contribution in [0.2, 0.25) is 0 Å². The van der Waals surface area contributed by atoms with Gasteiger partial charge in [-0.15, -0.1) is 11.3 Å². The Morgan fingerprint density at radius 3 is 2.38 bits per heavy atom. The van der Waals surface area contributed by atoms with E-state index >= 15 is 0 Å². The van der Waals surface area contributed by atoms with Crippen LogP contribution in [0.5, 0.6) is 0 Å². The molecule has 0 fully saturated rings. The number of anilines is 2. The lowest BCUT2D eigenvalue weighted by atomic mass is 9.95. The van der Waals surface area contributed by atoms with Crippen molar-refractivity contribution in [2.45, 2.75) is 33.0 Å². The van der Waals surface area contributed by atoms with Gasteiger partial charge in [-0.3, -0.25) is 4.79 Å². The highest BCUT2D eigenvalue weighted by molar-refractivity contribution is 7.16. The van der Waals surface area contributed by atoms with Crippen molar-refractivity contribution in [2.75, 3.05) is 10.6 Å². The highest BCUT2D eigenvalue weighted by atomic mass is 32.1. The van der Waals surface area contributed by atoms with Gasteiger partial charge in [-0.1, -0.05) is 18.2 Å². The minimum atomic E-state index is -4.43. The molecule has 0 unspecified atom stereocenters. The first-order chi connectivity index (χ1) is 16.1. The quantitative estimate of drug-likeness (QED) is 0.305. The average molecular weight is 486 g/mol. The van der Waals surface area contributed by atoms with Crippen LogP contribution in [0.1, 0.15) is 49.4 Å². The summed E-state index contributed by atoms with van der Waals surface area (Å²) in [7, 11) is 0. The molecule has 0 saturated carbocycles. The first-order valence-electron chi connectivity index (χ1n) is 10.5. The molecule has 0 radical (unpaired) electrons. The molecule has 0 aliphatic carbocycles. The number of hydrogen-bond donors (Lipinski definition) is 2. The van der Waals surface area contributed by atoms with E-state index in [1.165, 1.54) is 29.7 Å². The van der Waals surface area contributed by atoms with E-state index in [-0.39, 0.29) is 5.76 Å². The van der Waals surface area contributed by atoms with Crippen LogP contribution in [0.4, 0.5) is 24.0 Å². The Morgan fingerprint density at radius 1 is 1.03 bits per heavy atom. The smallest absolute Gasteiger partial charge is 0.416 e. The summed E-state index contributed by atoms with van der Waals surface area (Å²) in [6.45, 7) is 5.71. The van der Waals surface area contributed by atoms with Crippen LogP contribution in [0.3, 0.4) is 0 Å². The molecule has 3 aromatic heterocycles. The van der Waals surface area contributed by atoms with Gasteiger partial charge in [0.2, 0.25) is 0 Å². The van der Waals surface area contributed by atoms with E-state index < -0.39 is 23.7 Å². The van der Waals surface area contributed by atoms with Crippen LogP contribution in [-0.2, 0) is 6.18 Å². The van der Waals surface area contributed by atoms with Crippen LogP contribution in [0.15, 0.2) is 65.3 Å². The highest BCUT2D eigenvalue weighted by Gasteiger charge is 2.31. The Balaban J connectivity index is 1.79. The average Bonchev–Trinajstić information content (AvgIpc) is 3.41. The van der Waals surface area contributed by atoms with Crippen LogP contribution in [-0.4, -0.2) is 10.9 Å². The third-order valence-electron chi connectivity index (χ3n) is 5.44. The number of rotatable bonds is 6. The van der Waals surface area contributed by atoms with E-state index in [0.29, 0.717) is 16.4 Å². The van der Waals surface area contributed by atoms with Crippen molar-refractivity contribution in [3.8, 4) is 0 Å². The van der Waals surface area contributed by atoms with Crippen molar-refractivity contribution in [3.63, 3.8) is 0 Å². The zero-order valence-electron chi connectivity index (χ0n) is 18.7. The molecule has 0 aliphatic rings. The molecule has 2 N–H and O–H groups in total. The third-order valence-corrected chi connectivity index (χ3v) is 6.58. The van der Waals surface area contributed by atoms with Crippen LogP contribution in [0.25, 0.3) is 0 Å². The molecule has 9 heteroatoms. The van der Waals surface area contributed by atoms with E-state index in [0.717, 1.165) is 33.8 Å². The van der Waals surface area contributed by atoms with E-state index in [1.54, 1.807) is 18.2 Å². The van der Waals surface area contributed by atoms with Crippen LogP contribution >= 0.6 is 11.3 Å². The number of hydrogen-bond acceptors (Lipinski definition) is 5. The van der Waals surface area contributed by atoms with Gasteiger partial charge in [-0.2, -0.15) is 13.2 Å². The Labute approximate surface area is 198 Å². The fraction of sp³-hybridized carbons (Fsp3) is 0.200. The van der Waals surface area contributed by atoms with Gasteiger partial charge < -0.3 is 15.1 Å². The molecule has 34 heavy (non-hydrogen) atoms. The van der Waals surface area contributed by atoms with Crippen molar-refractivity contribution in [2.24, 2.45) is 0 Å². The van der Waals surface area contributed by atoms with Gasteiger partial charge in [-0.05, 0) is 68.3 Å². The number of amides is 1. The first-order valence-corrected chi connectivity index (χ1v) is 11.3. The minimum Gasteiger partial charge on any atom is -0.459 e. The zero-order chi connectivity index (χ0) is 24.5. The Bertz CT molecular complexity index is 1300. The van der Waals surface area contributed by atoms with E-state index in [9.17, 15) is 18.0 Å². The molecular weight excluding hydrogens is 463 g/mol. The maximum atomic E-state index is 13.2. The fourth-order valence-electron chi connectivity index (χ4n) is 3.62. The number of thiophene rings is 1. The van der Waals surface area contributed by atoms with Crippen LogP contribution < -0.4 is 10.6 Å². The number of benzene rings is 1. The number of carbonyl (C=O) groups excluding carboxylic acids is 1. The predicted octanol–water partition coefficient (Wildman–Crippen LogP) is 7.13. The fourth-order valence-corrected chi connectivity index (χ4v) is 4.71. The number of furan rings is 1. The summed E-state index contributed by atoms with van der Waals surface area (Å²) in [6, 6.07) is 13.1. The normalized spacial score (nSPS) is 12.4. The second kappa shape index (κ2) is 9.34. The van der Waals surface area contributed by atoms with Crippen molar-refractivity contribution in [3.05, 3.63) is 99.4 Å². The second-order valence-electron chi connectivity index (χ2n) is 7.82. The molecule has 0 bridgehead atoms. The Hall–Kier alpha value is -3.59. The second-order valence-corrected chi connectivity index (χ2v) is 9.04. The van der Waals surface area contributed by atoms with Gasteiger partial charge in [0.1, 0.15) is 10.8 Å². The molecule has 4 rings (SSSR count). The molecule has 1 aromatic carbocycles. The van der Waals surface area contributed by atoms with E-state index in [1.807, 2.05) is 32.9 Å². The van der Waals surface area contributed by atoms with Crippen molar-refractivity contribution < 1.29 is 22.4 Å². The summed E-state index contributed by atoms with van der Waals surface area (Å²) in [4.78, 5) is 18.2. The lowest BCUT2D eigenvalue weighted by molar-refractivity contribution is -0.137. The zero-order valence-corrected chi connectivity index (χ0v) is 19.5. The standard InChI is InChI=1S/C25H22F3N3O2S/c1-14-6-4-8-20(29-14)30-22(17-9-11-18(12-10-17)25(26,27)28)21-15(2)16(3)34-24(21)31-23(32)19-7-5-13-33-19/h4-13,22H,1-3H3,(H,29,30)(H,31,32)/t22-/m0/s1. The molecule has 0 spiro atoms. The van der Waals surface area contributed by atoms with E-state index in [2.05, 4.69) is 15.6 Å². The van der Waals surface area contributed by atoms with Gasteiger partial charge >= 0.3 is 6.18 Å². The molecule has 3 heterocycles. The summed E-state index contributed by atoms with van der Waals surface area (Å²) in [6.07, 6.45) is -3.02. The molecule has 5 nitrogen and oxygen atoms in total. The van der Waals surface area contributed by atoms with Gasteiger partial charge in [0, 0.05) is 16.1 Å². The topological polar surface area (TPSA) is 67.2 Å². The number of carbonyl (C=O) groups is 1. The Kier molecular flexibility index (Phi) is 6.47. The van der Waals surface area contributed by atoms with Crippen molar-refractivity contribution >= 4 is 28.1 Å². The van der Waals surface area contributed by atoms with Crippen LogP contribution in [0, 0.1) is 20.8 Å². The van der Waals surface area contributed by atoms with Gasteiger partial charge in [0.25, 0.3) is 5.91 Å². The van der Waals surface area contributed by atoms with Crippen molar-refractivity contribution in [1.29, 1.82) is 0 Å². The molecular formula is C25H22F3N3O2S. The number of nitrogens with one attached hydrogen (secondary N) is 2. The lowest BCUT2D eigenvalue weighted by Crippen LogP contribution is -2.18. The summed E-state index contributed by atoms with van der Waals surface area (Å²) in [5.41, 5.74) is 2.34. The summed E-state index contributed by atoms with van der Waals surface area (Å²) in [5.74, 6) is 0.317. The number of aryl methyl sites for hydroxylation is 2. The summed E-state index contributed by atoms with van der Waals surface area (Å²) >= 11 is 1.40. The molecule has 1 atom stereocenters. The highest BCUT2D eigenvalue weighted by Crippen LogP contribution is 2.41. The number of nitrogens with zero attached hydrogens (tertiary/aromatic N) is 1. The van der Waals surface area contributed by atoms with Gasteiger partial charge in [0.15, 0.2) is 5.76 Å². The van der Waals surface area contributed by atoms with E-state index in [4.69, 9.17) is 4.42 Å². The Morgan fingerprint density at radius 2 is 1.76 bits per heavy atom. The SMILES string of the molecule is Cc1cccc(N[C@@H](c2ccc(C(F)(F)F)cc2)c2c(NC(=O)c3ccco3)sc(C)c2C)n1.